The summed E-state index contributed by atoms with van der Waals surface area (Å²) >= 11 is 6.60. The molecule has 5 nitrogen and oxygen atoms in total. The van der Waals surface area contributed by atoms with Gasteiger partial charge in [0.1, 0.15) is 0 Å². The predicted octanol–water partition coefficient (Wildman–Crippen LogP) is 3.39. The van der Waals surface area contributed by atoms with Crippen molar-refractivity contribution in [1.29, 1.82) is 0 Å². The molecular weight excluding hydrogens is 309 g/mol. The Balaban J connectivity index is 2.12. The molecule has 0 bridgehead atoms. The number of hydrogen-bond acceptors (Lipinski definition) is 5. The standard InChI is InChI=1S/C12H15ClFNO4S/c13-12-15-8(7-20-12)10(14)11(18)19-6-4-2-1-3-5-9(16)17/h7,10H,1-6H2,(H,16,17). The minimum atomic E-state index is -1.91. The summed E-state index contributed by atoms with van der Waals surface area (Å²) in [6, 6.07) is 0. The molecule has 0 aliphatic heterocycles. The Kier molecular flexibility index (Phi) is 7.46. The Morgan fingerprint density at radius 2 is 2.10 bits per heavy atom. The Bertz CT molecular complexity index is 454. The van der Waals surface area contributed by atoms with Gasteiger partial charge in [0, 0.05) is 11.8 Å². The molecular formula is C12H15ClFNO4S. The zero-order valence-corrected chi connectivity index (χ0v) is 12.3. The summed E-state index contributed by atoms with van der Waals surface area (Å²) in [4.78, 5) is 25.3. The first-order chi connectivity index (χ1) is 9.50. The number of esters is 1. The fourth-order valence-electron chi connectivity index (χ4n) is 1.48. The summed E-state index contributed by atoms with van der Waals surface area (Å²) in [5.41, 5.74) is -0.0357. The SMILES string of the molecule is O=C(O)CCCCCCOC(=O)C(F)c1csc(Cl)n1. The lowest BCUT2D eigenvalue weighted by atomic mass is 10.1. The number of unbranched alkanes of at least 4 members (excludes halogenated alkanes) is 3. The molecule has 1 unspecified atom stereocenters. The molecule has 1 aromatic rings. The van der Waals surface area contributed by atoms with Gasteiger partial charge in [-0.05, 0) is 12.8 Å². The number of thiazole rings is 1. The normalized spacial score (nSPS) is 12.1. The van der Waals surface area contributed by atoms with Crippen LogP contribution in [-0.4, -0.2) is 28.6 Å². The van der Waals surface area contributed by atoms with Crippen LogP contribution in [0, 0.1) is 0 Å². The van der Waals surface area contributed by atoms with Gasteiger partial charge in [0.05, 0.1) is 12.3 Å². The summed E-state index contributed by atoms with van der Waals surface area (Å²) < 4.78 is 18.6. The fourth-order valence-corrected chi connectivity index (χ4v) is 2.26. The molecule has 8 heteroatoms. The van der Waals surface area contributed by atoms with Crippen molar-refractivity contribution in [2.24, 2.45) is 0 Å². The van der Waals surface area contributed by atoms with E-state index in [0.29, 0.717) is 12.8 Å². The van der Waals surface area contributed by atoms with E-state index in [2.05, 4.69) is 4.98 Å². The second-order valence-corrected chi connectivity index (χ2v) is 5.55. The van der Waals surface area contributed by atoms with Gasteiger partial charge in [-0.1, -0.05) is 24.4 Å². The van der Waals surface area contributed by atoms with Crippen LogP contribution in [0.4, 0.5) is 4.39 Å². The monoisotopic (exact) mass is 323 g/mol. The van der Waals surface area contributed by atoms with Crippen LogP contribution in [-0.2, 0) is 14.3 Å². The molecule has 0 aliphatic rings. The van der Waals surface area contributed by atoms with Crippen molar-refractivity contribution in [3.05, 3.63) is 15.5 Å². The number of aliphatic carboxylic acids is 1. The Labute approximate surface area is 124 Å². The first-order valence-corrected chi connectivity index (χ1v) is 7.40. The number of aromatic nitrogens is 1. The van der Waals surface area contributed by atoms with Crippen LogP contribution >= 0.6 is 22.9 Å². The molecule has 0 amide bonds. The number of alkyl halides is 1. The van der Waals surface area contributed by atoms with Crippen molar-refractivity contribution >= 4 is 34.9 Å². The van der Waals surface area contributed by atoms with Crippen molar-refractivity contribution in [3.8, 4) is 0 Å². The van der Waals surface area contributed by atoms with Gasteiger partial charge < -0.3 is 9.84 Å². The average Bonchev–Trinajstić information content (AvgIpc) is 2.82. The number of hydrogen-bond donors (Lipinski definition) is 1. The van der Waals surface area contributed by atoms with E-state index in [9.17, 15) is 14.0 Å². The van der Waals surface area contributed by atoms with Crippen LogP contribution in [0.1, 0.15) is 44.0 Å². The summed E-state index contributed by atoms with van der Waals surface area (Å²) in [6.45, 7) is 0.115. The maximum atomic E-state index is 13.6. The lowest BCUT2D eigenvalue weighted by molar-refractivity contribution is -0.150. The van der Waals surface area contributed by atoms with Crippen LogP contribution < -0.4 is 0 Å². The van der Waals surface area contributed by atoms with Crippen LogP contribution in [0.25, 0.3) is 0 Å². The van der Waals surface area contributed by atoms with Gasteiger partial charge in [-0.15, -0.1) is 11.3 Å². The van der Waals surface area contributed by atoms with Gasteiger partial charge in [0.25, 0.3) is 0 Å². The smallest absolute Gasteiger partial charge is 0.347 e. The maximum absolute atomic E-state index is 13.6. The number of halogens is 2. The third-order valence-corrected chi connectivity index (χ3v) is 3.49. The molecule has 0 saturated heterocycles. The molecule has 0 spiro atoms. The number of carbonyl (C=O) groups is 2. The van der Waals surface area contributed by atoms with Crippen molar-refractivity contribution in [2.75, 3.05) is 6.61 Å². The summed E-state index contributed by atoms with van der Waals surface area (Å²) in [7, 11) is 0. The number of rotatable bonds is 9. The lowest BCUT2D eigenvalue weighted by Gasteiger charge is -2.06. The van der Waals surface area contributed by atoms with Crippen molar-refractivity contribution in [1.82, 2.24) is 4.98 Å². The zero-order valence-electron chi connectivity index (χ0n) is 10.7. The second-order valence-electron chi connectivity index (χ2n) is 4.11. The molecule has 0 aliphatic carbocycles. The highest BCUT2D eigenvalue weighted by atomic mass is 35.5. The number of nitrogens with zero attached hydrogens (tertiary/aromatic N) is 1. The third kappa shape index (κ3) is 6.29. The highest BCUT2D eigenvalue weighted by Crippen LogP contribution is 2.24. The minimum Gasteiger partial charge on any atom is -0.481 e. The molecule has 0 aromatic carbocycles. The van der Waals surface area contributed by atoms with Crippen LogP contribution in [0.2, 0.25) is 4.47 Å². The predicted molar refractivity (Wildman–Crippen MR) is 72.7 cm³/mol. The van der Waals surface area contributed by atoms with Gasteiger partial charge in [-0.25, -0.2) is 14.2 Å². The molecule has 1 atom stereocenters. The van der Waals surface area contributed by atoms with Gasteiger partial charge in [0.15, 0.2) is 4.47 Å². The largest absolute Gasteiger partial charge is 0.481 e. The Hall–Kier alpha value is -1.21. The molecule has 20 heavy (non-hydrogen) atoms. The topological polar surface area (TPSA) is 76.5 Å². The second kappa shape index (κ2) is 8.86. The number of carbonyl (C=O) groups excluding carboxylic acids is 1. The molecule has 1 heterocycles. The van der Waals surface area contributed by atoms with E-state index >= 15 is 0 Å². The first-order valence-electron chi connectivity index (χ1n) is 6.14. The average molecular weight is 324 g/mol. The molecule has 112 valence electrons. The van der Waals surface area contributed by atoms with Crippen molar-refractivity contribution < 1.29 is 23.8 Å². The highest BCUT2D eigenvalue weighted by molar-refractivity contribution is 7.14. The number of carboxylic acid groups (broad SMARTS) is 1. The van der Waals surface area contributed by atoms with E-state index in [1.165, 1.54) is 5.38 Å². The quantitative estimate of drug-likeness (QED) is 0.557. The van der Waals surface area contributed by atoms with Crippen LogP contribution in [0.5, 0.6) is 0 Å². The van der Waals surface area contributed by atoms with Gasteiger partial charge in [0.2, 0.25) is 6.17 Å². The Morgan fingerprint density at radius 1 is 1.40 bits per heavy atom. The fraction of sp³-hybridized carbons (Fsp3) is 0.583. The van der Waals surface area contributed by atoms with Crippen molar-refractivity contribution in [2.45, 2.75) is 38.3 Å². The lowest BCUT2D eigenvalue weighted by Crippen LogP contribution is -2.13. The van der Waals surface area contributed by atoms with E-state index in [1.807, 2.05) is 0 Å². The third-order valence-electron chi connectivity index (χ3n) is 2.49. The Morgan fingerprint density at radius 3 is 2.70 bits per heavy atom. The maximum Gasteiger partial charge on any atom is 0.347 e. The number of carboxylic acids is 1. The summed E-state index contributed by atoms with van der Waals surface area (Å²) in [5, 5.41) is 9.81. The van der Waals surface area contributed by atoms with E-state index in [-0.39, 0.29) is 23.2 Å². The molecule has 0 radical (unpaired) electrons. The van der Waals surface area contributed by atoms with E-state index in [1.54, 1.807) is 0 Å². The molecule has 0 saturated carbocycles. The molecule has 1 aromatic heterocycles. The van der Waals surface area contributed by atoms with Crippen molar-refractivity contribution in [3.63, 3.8) is 0 Å². The van der Waals surface area contributed by atoms with Crippen LogP contribution in [0.3, 0.4) is 0 Å². The van der Waals surface area contributed by atoms with E-state index in [0.717, 1.165) is 24.2 Å². The molecule has 1 rings (SSSR count). The minimum absolute atomic E-state index is 0.0357. The highest BCUT2D eigenvalue weighted by Gasteiger charge is 2.23. The van der Waals surface area contributed by atoms with E-state index in [4.69, 9.17) is 21.4 Å². The van der Waals surface area contributed by atoms with E-state index < -0.39 is 18.1 Å². The van der Waals surface area contributed by atoms with Gasteiger partial charge in [-0.2, -0.15) is 0 Å². The van der Waals surface area contributed by atoms with Gasteiger partial charge >= 0.3 is 11.9 Å². The van der Waals surface area contributed by atoms with Gasteiger partial charge in [-0.3, -0.25) is 4.79 Å². The zero-order chi connectivity index (χ0) is 15.0. The van der Waals surface area contributed by atoms with Crippen LogP contribution in [0.15, 0.2) is 5.38 Å². The first kappa shape index (κ1) is 16.8. The summed E-state index contributed by atoms with van der Waals surface area (Å²) in [5.74, 6) is -1.80. The number of ether oxygens (including phenoxy) is 1. The molecule has 1 N–H and O–H groups in total. The summed E-state index contributed by atoms with van der Waals surface area (Å²) in [6.07, 6.45) is 0.870. The molecule has 0 fully saturated rings.